The normalized spacial score (nSPS) is 46.7. The molecule has 3 fully saturated rings. The molecular weight excluding hydrogens is 194 g/mol. The Bertz CT molecular complexity index is 256. The maximum absolute atomic E-state index is 11.7. The lowest BCUT2D eigenvalue weighted by Crippen LogP contribution is -2.43. The van der Waals surface area contributed by atoms with Gasteiger partial charge in [0.1, 0.15) is 0 Å². The van der Waals surface area contributed by atoms with Gasteiger partial charge in [-0.05, 0) is 31.1 Å². The zero-order valence-corrected chi connectivity index (χ0v) is 9.19. The van der Waals surface area contributed by atoms with Gasteiger partial charge in [-0.15, -0.1) is 11.8 Å². The summed E-state index contributed by atoms with van der Waals surface area (Å²) in [5, 5.41) is 4.11. The van der Waals surface area contributed by atoms with Gasteiger partial charge >= 0.3 is 0 Å². The lowest BCUT2D eigenvalue weighted by molar-refractivity contribution is -0.123. The number of hydrogen-bond donors (Lipinski definition) is 1. The van der Waals surface area contributed by atoms with Crippen LogP contribution in [0.4, 0.5) is 0 Å². The van der Waals surface area contributed by atoms with Gasteiger partial charge in [0.15, 0.2) is 0 Å². The topological polar surface area (TPSA) is 29.1 Å². The maximum Gasteiger partial charge on any atom is 0.233 e. The van der Waals surface area contributed by atoms with Crippen LogP contribution < -0.4 is 5.32 Å². The van der Waals surface area contributed by atoms with E-state index in [0.29, 0.717) is 17.1 Å². The summed E-state index contributed by atoms with van der Waals surface area (Å²) in [6.07, 6.45) is 6.74. The molecule has 2 nitrogen and oxygen atoms in total. The van der Waals surface area contributed by atoms with Crippen molar-refractivity contribution in [2.75, 3.05) is 6.54 Å². The average molecular weight is 211 g/mol. The molecule has 2 saturated heterocycles. The number of rotatable bonds is 0. The molecule has 1 amide bonds. The third-order valence-corrected chi connectivity index (χ3v) is 5.84. The van der Waals surface area contributed by atoms with Crippen LogP contribution in [0.2, 0.25) is 0 Å². The molecule has 0 aromatic rings. The van der Waals surface area contributed by atoms with Crippen molar-refractivity contribution < 1.29 is 4.79 Å². The first-order chi connectivity index (χ1) is 6.86. The fourth-order valence-corrected chi connectivity index (χ4v) is 5.35. The zero-order valence-electron chi connectivity index (χ0n) is 8.37. The summed E-state index contributed by atoms with van der Waals surface area (Å²) < 4.78 is 0. The van der Waals surface area contributed by atoms with Gasteiger partial charge in [-0.3, -0.25) is 4.79 Å². The van der Waals surface area contributed by atoms with Crippen LogP contribution in [-0.2, 0) is 4.79 Å². The van der Waals surface area contributed by atoms with Crippen molar-refractivity contribution in [3.05, 3.63) is 0 Å². The van der Waals surface area contributed by atoms with Crippen molar-refractivity contribution >= 4 is 17.7 Å². The monoisotopic (exact) mass is 211 g/mol. The minimum atomic E-state index is 0.303. The second-order valence-electron chi connectivity index (χ2n) is 4.79. The lowest BCUT2D eigenvalue weighted by atomic mass is 9.76. The Morgan fingerprint density at radius 3 is 2.93 bits per heavy atom. The van der Waals surface area contributed by atoms with Crippen LogP contribution in [0.15, 0.2) is 0 Å². The number of carbonyl (C=O) groups excluding carboxylic acids is 1. The summed E-state index contributed by atoms with van der Waals surface area (Å²) in [5.41, 5.74) is 0. The van der Waals surface area contributed by atoms with Gasteiger partial charge in [-0.2, -0.15) is 0 Å². The Kier molecular flexibility index (Phi) is 2.23. The van der Waals surface area contributed by atoms with E-state index in [4.69, 9.17) is 0 Å². The summed E-state index contributed by atoms with van der Waals surface area (Å²) in [6, 6.07) is 0. The summed E-state index contributed by atoms with van der Waals surface area (Å²) in [5.74, 6) is 1.89. The summed E-state index contributed by atoms with van der Waals surface area (Å²) >= 11 is 1.97. The first-order valence-corrected chi connectivity index (χ1v) is 6.74. The first-order valence-electron chi connectivity index (χ1n) is 5.79. The molecule has 1 N–H and O–H groups in total. The number of fused-ring (bicyclic) bond motifs is 3. The number of amides is 1. The van der Waals surface area contributed by atoms with E-state index in [1.165, 1.54) is 32.1 Å². The van der Waals surface area contributed by atoms with E-state index in [1.54, 1.807) is 0 Å². The van der Waals surface area contributed by atoms with Crippen LogP contribution in [0.1, 0.15) is 32.1 Å². The Balaban J connectivity index is 1.82. The van der Waals surface area contributed by atoms with E-state index < -0.39 is 0 Å². The molecule has 0 bridgehead atoms. The van der Waals surface area contributed by atoms with E-state index in [9.17, 15) is 4.79 Å². The summed E-state index contributed by atoms with van der Waals surface area (Å²) in [6.45, 7) is 0.920. The summed E-state index contributed by atoms with van der Waals surface area (Å²) in [7, 11) is 0. The van der Waals surface area contributed by atoms with Crippen LogP contribution in [0, 0.1) is 11.8 Å². The molecule has 4 unspecified atom stereocenters. The van der Waals surface area contributed by atoms with Gasteiger partial charge in [-0.25, -0.2) is 0 Å². The highest BCUT2D eigenvalue weighted by Gasteiger charge is 2.48. The predicted molar refractivity (Wildman–Crippen MR) is 58.2 cm³/mol. The second-order valence-corrected chi connectivity index (χ2v) is 6.17. The average Bonchev–Trinajstić information content (AvgIpc) is 2.59. The van der Waals surface area contributed by atoms with Crippen LogP contribution in [0.5, 0.6) is 0 Å². The van der Waals surface area contributed by atoms with E-state index in [0.717, 1.165) is 17.7 Å². The van der Waals surface area contributed by atoms with Crippen molar-refractivity contribution in [2.45, 2.75) is 42.6 Å². The number of hydrogen-bond acceptors (Lipinski definition) is 2. The Morgan fingerprint density at radius 2 is 2.00 bits per heavy atom. The number of carbonyl (C=O) groups is 1. The van der Waals surface area contributed by atoms with Gasteiger partial charge in [-0.1, -0.05) is 12.8 Å². The lowest BCUT2D eigenvalue weighted by Gasteiger charge is -2.30. The minimum Gasteiger partial charge on any atom is -0.355 e. The van der Waals surface area contributed by atoms with Crippen LogP contribution in [-0.4, -0.2) is 23.0 Å². The maximum atomic E-state index is 11.7. The van der Waals surface area contributed by atoms with Crippen molar-refractivity contribution in [3.8, 4) is 0 Å². The highest BCUT2D eigenvalue weighted by atomic mass is 32.2. The standard InChI is InChI=1S/C11H17NOS/c13-11-10-8(5-6-12-11)7-3-1-2-4-9(7)14-10/h7-10H,1-6H2,(H,12,13). The fraction of sp³-hybridized carbons (Fsp3) is 0.909. The quantitative estimate of drug-likeness (QED) is 0.662. The number of nitrogens with one attached hydrogen (secondary N) is 1. The molecule has 3 heteroatoms. The van der Waals surface area contributed by atoms with E-state index in [1.807, 2.05) is 11.8 Å². The number of thioether (sulfide) groups is 1. The second kappa shape index (κ2) is 3.44. The Morgan fingerprint density at radius 1 is 1.14 bits per heavy atom. The molecule has 78 valence electrons. The van der Waals surface area contributed by atoms with Gasteiger partial charge in [0, 0.05) is 11.8 Å². The minimum absolute atomic E-state index is 0.303. The third-order valence-electron chi connectivity index (χ3n) is 4.05. The van der Waals surface area contributed by atoms with Crippen LogP contribution >= 0.6 is 11.8 Å². The molecule has 4 atom stereocenters. The molecule has 0 radical (unpaired) electrons. The SMILES string of the molecule is O=C1NCCC2C1SC1CCCCC12. The largest absolute Gasteiger partial charge is 0.355 e. The fourth-order valence-electron chi connectivity index (χ4n) is 3.38. The Hall–Kier alpha value is -0.180. The molecule has 3 aliphatic rings. The van der Waals surface area contributed by atoms with Gasteiger partial charge < -0.3 is 5.32 Å². The molecule has 1 aliphatic carbocycles. The molecule has 2 aliphatic heterocycles. The first kappa shape index (κ1) is 9.08. The highest BCUT2D eigenvalue weighted by molar-refractivity contribution is 8.01. The molecule has 2 heterocycles. The van der Waals surface area contributed by atoms with E-state index in [-0.39, 0.29) is 0 Å². The molecule has 1 saturated carbocycles. The third kappa shape index (κ3) is 1.28. The molecule has 0 spiro atoms. The summed E-state index contributed by atoms with van der Waals surface area (Å²) in [4.78, 5) is 11.7. The highest BCUT2D eigenvalue weighted by Crippen LogP contribution is 2.51. The molecular formula is C11H17NOS. The van der Waals surface area contributed by atoms with Gasteiger partial charge in [0.05, 0.1) is 5.25 Å². The molecule has 0 aromatic carbocycles. The predicted octanol–water partition coefficient (Wildman–Crippen LogP) is 1.80. The molecule has 14 heavy (non-hydrogen) atoms. The van der Waals surface area contributed by atoms with E-state index >= 15 is 0 Å². The Labute approximate surface area is 89.2 Å². The van der Waals surface area contributed by atoms with Crippen LogP contribution in [0.25, 0.3) is 0 Å². The molecule has 3 rings (SSSR count). The molecule has 0 aromatic heterocycles. The van der Waals surface area contributed by atoms with Crippen LogP contribution in [0.3, 0.4) is 0 Å². The number of piperidine rings is 1. The van der Waals surface area contributed by atoms with Crippen molar-refractivity contribution in [3.63, 3.8) is 0 Å². The van der Waals surface area contributed by atoms with Crippen molar-refractivity contribution in [1.29, 1.82) is 0 Å². The van der Waals surface area contributed by atoms with E-state index in [2.05, 4.69) is 5.32 Å². The van der Waals surface area contributed by atoms with Gasteiger partial charge in [0.2, 0.25) is 5.91 Å². The van der Waals surface area contributed by atoms with Crippen molar-refractivity contribution in [2.24, 2.45) is 11.8 Å². The van der Waals surface area contributed by atoms with Crippen molar-refractivity contribution in [1.82, 2.24) is 5.32 Å². The smallest absolute Gasteiger partial charge is 0.233 e. The zero-order chi connectivity index (χ0) is 9.54. The van der Waals surface area contributed by atoms with Gasteiger partial charge in [0.25, 0.3) is 0 Å².